The number of hydrogen-bond donors (Lipinski definition) is 1. The molecule has 1 aliphatic heterocycles. The lowest BCUT2D eigenvalue weighted by molar-refractivity contribution is -0.00961. The van der Waals surface area contributed by atoms with E-state index in [-0.39, 0.29) is 5.92 Å². The smallest absolute Gasteiger partial charge is 0.0920 e. The molecule has 3 heteroatoms. The molecule has 1 aromatic carbocycles. The van der Waals surface area contributed by atoms with E-state index in [0.717, 1.165) is 29.5 Å². The number of fused-ring (bicyclic) bond motifs is 1. The fourth-order valence-corrected chi connectivity index (χ4v) is 2.59. The molecular formula is C15H17NO2. The van der Waals surface area contributed by atoms with Crippen LogP contribution >= 0.6 is 0 Å². The van der Waals surface area contributed by atoms with Gasteiger partial charge in [-0.1, -0.05) is 18.2 Å². The summed E-state index contributed by atoms with van der Waals surface area (Å²) >= 11 is 0. The van der Waals surface area contributed by atoms with Crippen LogP contribution in [0.25, 0.3) is 10.9 Å². The molecule has 18 heavy (non-hydrogen) atoms. The molecule has 0 amide bonds. The Morgan fingerprint density at radius 2 is 2.28 bits per heavy atom. The van der Waals surface area contributed by atoms with Crippen molar-refractivity contribution in [3.8, 4) is 0 Å². The normalized spacial score (nSPS) is 23.1. The summed E-state index contributed by atoms with van der Waals surface area (Å²) in [5.74, 6) is 0.165. The van der Waals surface area contributed by atoms with Crippen molar-refractivity contribution in [3.63, 3.8) is 0 Å². The first-order valence-corrected chi connectivity index (χ1v) is 6.33. The van der Waals surface area contributed by atoms with Crippen LogP contribution in [0.2, 0.25) is 0 Å². The second-order valence-corrected chi connectivity index (χ2v) is 5.12. The van der Waals surface area contributed by atoms with E-state index in [2.05, 4.69) is 4.98 Å². The van der Waals surface area contributed by atoms with Gasteiger partial charge < -0.3 is 9.84 Å². The summed E-state index contributed by atoms with van der Waals surface area (Å²) in [5.41, 5.74) is 1.00. The Morgan fingerprint density at radius 3 is 3.06 bits per heavy atom. The molecule has 1 aliphatic rings. The van der Waals surface area contributed by atoms with Crippen LogP contribution in [0.1, 0.15) is 18.9 Å². The van der Waals surface area contributed by atoms with Gasteiger partial charge >= 0.3 is 0 Å². The zero-order valence-electron chi connectivity index (χ0n) is 10.5. The summed E-state index contributed by atoms with van der Waals surface area (Å²) < 4.78 is 5.38. The lowest BCUT2D eigenvalue weighted by atomic mass is 9.82. The van der Waals surface area contributed by atoms with Crippen LogP contribution in [0.4, 0.5) is 0 Å². The Labute approximate surface area is 106 Å². The fourth-order valence-electron chi connectivity index (χ4n) is 2.59. The molecule has 1 N–H and O–H groups in total. The highest BCUT2D eigenvalue weighted by Crippen LogP contribution is 2.35. The second kappa shape index (κ2) is 4.34. The van der Waals surface area contributed by atoms with Crippen molar-refractivity contribution in [2.45, 2.75) is 18.9 Å². The SMILES string of the molecule is CC(O)(c1ccc2cccnc2c1)C1CCOC1. The molecule has 94 valence electrons. The van der Waals surface area contributed by atoms with E-state index in [0.29, 0.717) is 6.61 Å². The summed E-state index contributed by atoms with van der Waals surface area (Å²) in [6.07, 6.45) is 2.69. The van der Waals surface area contributed by atoms with Crippen molar-refractivity contribution in [2.24, 2.45) is 5.92 Å². The van der Waals surface area contributed by atoms with Crippen LogP contribution in [-0.2, 0) is 10.3 Å². The molecule has 2 aromatic rings. The van der Waals surface area contributed by atoms with Crippen molar-refractivity contribution in [2.75, 3.05) is 13.2 Å². The van der Waals surface area contributed by atoms with E-state index in [4.69, 9.17) is 4.74 Å². The van der Waals surface area contributed by atoms with Gasteiger partial charge in [-0.25, -0.2) is 0 Å². The van der Waals surface area contributed by atoms with Crippen LogP contribution in [0.3, 0.4) is 0 Å². The molecule has 2 unspecified atom stereocenters. The van der Waals surface area contributed by atoms with Gasteiger partial charge in [0.05, 0.1) is 17.7 Å². The Bertz CT molecular complexity index is 559. The van der Waals surface area contributed by atoms with Gasteiger partial charge in [0.1, 0.15) is 0 Å². The van der Waals surface area contributed by atoms with E-state index in [1.165, 1.54) is 0 Å². The Hall–Kier alpha value is -1.45. The quantitative estimate of drug-likeness (QED) is 0.881. The highest BCUT2D eigenvalue weighted by molar-refractivity contribution is 5.79. The molecule has 0 radical (unpaired) electrons. The maximum atomic E-state index is 10.7. The summed E-state index contributed by atoms with van der Waals surface area (Å²) in [5, 5.41) is 11.8. The monoisotopic (exact) mass is 243 g/mol. The van der Waals surface area contributed by atoms with Crippen molar-refractivity contribution in [3.05, 3.63) is 42.1 Å². The number of aliphatic hydroxyl groups is 1. The van der Waals surface area contributed by atoms with Crippen LogP contribution in [0.5, 0.6) is 0 Å². The molecule has 0 bridgehead atoms. The van der Waals surface area contributed by atoms with Gasteiger partial charge in [-0.15, -0.1) is 0 Å². The lowest BCUT2D eigenvalue weighted by Gasteiger charge is -2.29. The molecule has 0 aliphatic carbocycles. The number of rotatable bonds is 2. The molecular weight excluding hydrogens is 226 g/mol. The van der Waals surface area contributed by atoms with E-state index in [1.807, 2.05) is 37.3 Å². The van der Waals surface area contributed by atoms with Crippen molar-refractivity contribution < 1.29 is 9.84 Å². The Balaban J connectivity index is 2.02. The molecule has 2 atom stereocenters. The third-order valence-corrected chi connectivity index (χ3v) is 3.91. The first-order valence-electron chi connectivity index (χ1n) is 6.33. The standard InChI is InChI=1S/C15H17NO2/c1-15(17,13-6-8-18-10-13)12-5-4-11-3-2-7-16-14(11)9-12/h2-5,7,9,13,17H,6,8,10H2,1H3. The molecule has 3 rings (SSSR count). The minimum absolute atomic E-state index is 0.165. The van der Waals surface area contributed by atoms with Gasteiger partial charge in [0, 0.05) is 24.1 Å². The summed E-state index contributed by atoms with van der Waals surface area (Å²) in [4.78, 5) is 4.34. The number of pyridine rings is 1. The van der Waals surface area contributed by atoms with Crippen LogP contribution < -0.4 is 0 Å². The number of nitrogens with zero attached hydrogens (tertiary/aromatic N) is 1. The third kappa shape index (κ3) is 1.89. The van der Waals surface area contributed by atoms with Crippen molar-refractivity contribution >= 4 is 10.9 Å². The fraction of sp³-hybridized carbons (Fsp3) is 0.400. The minimum Gasteiger partial charge on any atom is -0.385 e. The van der Waals surface area contributed by atoms with Crippen molar-refractivity contribution in [1.82, 2.24) is 4.98 Å². The number of benzene rings is 1. The molecule has 0 saturated carbocycles. The predicted octanol–water partition coefficient (Wildman–Crippen LogP) is 2.48. The van der Waals surface area contributed by atoms with Gasteiger partial charge in [0.15, 0.2) is 0 Å². The highest BCUT2D eigenvalue weighted by Gasteiger charge is 2.36. The number of hydrogen-bond acceptors (Lipinski definition) is 3. The summed E-state index contributed by atoms with van der Waals surface area (Å²) in [7, 11) is 0. The average Bonchev–Trinajstić information content (AvgIpc) is 2.92. The molecule has 1 fully saturated rings. The first kappa shape index (κ1) is 11.6. The second-order valence-electron chi connectivity index (χ2n) is 5.12. The molecule has 3 nitrogen and oxygen atoms in total. The lowest BCUT2D eigenvalue weighted by Crippen LogP contribution is -2.32. The highest BCUT2D eigenvalue weighted by atomic mass is 16.5. The van der Waals surface area contributed by atoms with Crippen molar-refractivity contribution in [1.29, 1.82) is 0 Å². The van der Waals surface area contributed by atoms with Crippen LogP contribution in [0.15, 0.2) is 36.5 Å². The maximum absolute atomic E-state index is 10.7. The summed E-state index contributed by atoms with van der Waals surface area (Å²) in [6.45, 7) is 3.25. The van der Waals surface area contributed by atoms with E-state index < -0.39 is 5.60 Å². The van der Waals surface area contributed by atoms with Crippen LogP contribution in [0, 0.1) is 5.92 Å². The Kier molecular flexibility index (Phi) is 2.80. The number of ether oxygens (including phenoxy) is 1. The minimum atomic E-state index is -0.845. The van der Waals surface area contributed by atoms with Gasteiger partial charge in [-0.05, 0) is 31.0 Å². The van der Waals surface area contributed by atoms with E-state index in [9.17, 15) is 5.11 Å². The zero-order chi connectivity index (χ0) is 12.6. The maximum Gasteiger partial charge on any atom is 0.0920 e. The van der Waals surface area contributed by atoms with Crippen LogP contribution in [-0.4, -0.2) is 23.3 Å². The predicted molar refractivity (Wildman–Crippen MR) is 70.2 cm³/mol. The van der Waals surface area contributed by atoms with Gasteiger partial charge in [-0.3, -0.25) is 4.98 Å². The van der Waals surface area contributed by atoms with Gasteiger partial charge in [0.2, 0.25) is 0 Å². The third-order valence-electron chi connectivity index (χ3n) is 3.91. The molecule has 2 heterocycles. The molecule has 0 spiro atoms. The van der Waals surface area contributed by atoms with Gasteiger partial charge in [0.25, 0.3) is 0 Å². The number of aromatic nitrogens is 1. The molecule has 1 saturated heterocycles. The van der Waals surface area contributed by atoms with E-state index >= 15 is 0 Å². The average molecular weight is 243 g/mol. The van der Waals surface area contributed by atoms with E-state index in [1.54, 1.807) is 6.20 Å². The Morgan fingerprint density at radius 1 is 1.39 bits per heavy atom. The first-order chi connectivity index (χ1) is 8.68. The summed E-state index contributed by atoms with van der Waals surface area (Å²) in [6, 6.07) is 9.93. The topological polar surface area (TPSA) is 42.4 Å². The zero-order valence-corrected chi connectivity index (χ0v) is 10.5. The largest absolute Gasteiger partial charge is 0.385 e. The van der Waals surface area contributed by atoms with Gasteiger partial charge in [-0.2, -0.15) is 0 Å². The molecule has 1 aromatic heterocycles.